The molecule has 4 aromatic rings. The van der Waals surface area contributed by atoms with Crippen molar-refractivity contribution >= 4 is 16.6 Å². The average molecular weight is 355 g/mol. The fourth-order valence-electron chi connectivity index (χ4n) is 3.28. The number of anilines is 1. The summed E-state index contributed by atoms with van der Waals surface area (Å²) < 4.78 is 0. The Morgan fingerprint density at radius 3 is 2.56 bits per heavy atom. The van der Waals surface area contributed by atoms with Gasteiger partial charge in [0, 0.05) is 28.5 Å². The van der Waals surface area contributed by atoms with E-state index in [1.165, 1.54) is 5.56 Å². The summed E-state index contributed by atoms with van der Waals surface area (Å²) in [5.74, 6) is 0.187. The van der Waals surface area contributed by atoms with Gasteiger partial charge in [0.2, 0.25) is 0 Å². The Morgan fingerprint density at radius 2 is 1.78 bits per heavy atom. The van der Waals surface area contributed by atoms with E-state index in [0.717, 1.165) is 28.0 Å². The minimum Gasteiger partial charge on any atom is -0.505 e. The Balaban J connectivity index is 1.86. The molecule has 2 aromatic heterocycles. The SMILES string of the molecule is Cc1cccc(NC(c2ccccn2)c2ccc3ccc(C)nc3c2O)c1. The number of nitrogens with zero attached hydrogens (tertiary/aromatic N) is 2. The van der Waals surface area contributed by atoms with Gasteiger partial charge in [-0.15, -0.1) is 0 Å². The highest BCUT2D eigenvalue weighted by atomic mass is 16.3. The fourth-order valence-corrected chi connectivity index (χ4v) is 3.28. The maximum Gasteiger partial charge on any atom is 0.147 e. The molecule has 2 N–H and O–H groups in total. The van der Waals surface area contributed by atoms with E-state index in [1.54, 1.807) is 6.20 Å². The van der Waals surface area contributed by atoms with Crippen LogP contribution in [0.5, 0.6) is 5.75 Å². The number of rotatable bonds is 4. The van der Waals surface area contributed by atoms with Crippen molar-refractivity contribution in [1.82, 2.24) is 9.97 Å². The van der Waals surface area contributed by atoms with Gasteiger partial charge in [-0.2, -0.15) is 0 Å². The zero-order valence-corrected chi connectivity index (χ0v) is 15.3. The average Bonchev–Trinajstić information content (AvgIpc) is 2.68. The van der Waals surface area contributed by atoms with Gasteiger partial charge in [0.1, 0.15) is 11.3 Å². The van der Waals surface area contributed by atoms with Crippen molar-refractivity contribution < 1.29 is 5.11 Å². The van der Waals surface area contributed by atoms with Gasteiger partial charge in [0.25, 0.3) is 0 Å². The number of pyridine rings is 2. The van der Waals surface area contributed by atoms with E-state index in [9.17, 15) is 5.11 Å². The first-order valence-corrected chi connectivity index (χ1v) is 8.95. The highest BCUT2D eigenvalue weighted by molar-refractivity contribution is 5.86. The van der Waals surface area contributed by atoms with Crippen LogP contribution in [0, 0.1) is 13.8 Å². The first-order valence-electron chi connectivity index (χ1n) is 8.95. The molecule has 0 aliphatic rings. The van der Waals surface area contributed by atoms with Gasteiger partial charge in [-0.1, -0.05) is 36.4 Å². The number of aromatic nitrogens is 2. The van der Waals surface area contributed by atoms with Crippen molar-refractivity contribution in [2.75, 3.05) is 5.32 Å². The van der Waals surface area contributed by atoms with Crippen LogP contribution in [0.2, 0.25) is 0 Å². The minimum atomic E-state index is -0.292. The van der Waals surface area contributed by atoms with Crippen molar-refractivity contribution in [2.24, 2.45) is 0 Å². The van der Waals surface area contributed by atoms with Crippen LogP contribution in [-0.4, -0.2) is 15.1 Å². The third-order valence-corrected chi connectivity index (χ3v) is 4.63. The predicted molar refractivity (Wildman–Crippen MR) is 109 cm³/mol. The molecule has 0 aliphatic carbocycles. The summed E-state index contributed by atoms with van der Waals surface area (Å²) >= 11 is 0. The molecule has 0 saturated heterocycles. The van der Waals surface area contributed by atoms with Gasteiger partial charge in [-0.3, -0.25) is 4.98 Å². The summed E-state index contributed by atoms with van der Waals surface area (Å²) in [4.78, 5) is 9.05. The first-order chi connectivity index (χ1) is 13.1. The molecule has 0 spiro atoms. The van der Waals surface area contributed by atoms with Crippen molar-refractivity contribution in [3.63, 3.8) is 0 Å². The number of nitrogens with one attached hydrogen (secondary N) is 1. The van der Waals surface area contributed by atoms with Crippen molar-refractivity contribution in [1.29, 1.82) is 0 Å². The van der Waals surface area contributed by atoms with Gasteiger partial charge in [-0.05, 0) is 49.7 Å². The van der Waals surface area contributed by atoms with Gasteiger partial charge in [-0.25, -0.2) is 4.98 Å². The van der Waals surface area contributed by atoms with Crippen LogP contribution in [0.25, 0.3) is 10.9 Å². The number of aromatic hydroxyl groups is 1. The second kappa shape index (κ2) is 7.08. The molecular weight excluding hydrogens is 334 g/mol. The summed E-state index contributed by atoms with van der Waals surface area (Å²) in [6, 6.07) is 21.5. The van der Waals surface area contributed by atoms with E-state index in [-0.39, 0.29) is 11.8 Å². The molecular formula is C23H21N3O. The normalized spacial score (nSPS) is 12.1. The molecule has 1 atom stereocenters. The molecule has 0 bridgehead atoms. The Kier molecular flexibility index (Phi) is 4.47. The smallest absolute Gasteiger partial charge is 0.147 e. The number of phenolic OH excluding ortho intramolecular Hbond substituents is 1. The summed E-state index contributed by atoms with van der Waals surface area (Å²) in [6.45, 7) is 3.98. The van der Waals surface area contributed by atoms with Crippen LogP contribution < -0.4 is 5.32 Å². The number of hydrogen-bond donors (Lipinski definition) is 2. The highest BCUT2D eigenvalue weighted by Crippen LogP contribution is 2.36. The molecule has 4 rings (SSSR count). The molecule has 0 radical (unpaired) electrons. The molecule has 2 aromatic carbocycles. The lowest BCUT2D eigenvalue weighted by Crippen LogP contribution is -2.14. The van der Waals surface area contributed by atoms with Crippen LogP contribution in [0.4, 0.5) is 5.69 Å². The second-order valence-corrected chi connectivity index (χ2v) is 6.73. The van der Waals surface area contributed by atoms with Gasteiger partial charge >= 0.3 is 0 Å². The fraction of sp³-hybridized carbons (Fsp3) is 0.130. The van der Waals surface area contributed by atoms with Gasteiger partial charge in [0.05, 0.1) is 11.7 Å². The molecule has 4 nitrogen and oxygen atoms in total. The van der Waals surface area contributed by atoms with Gasteiger partial charge in [0.15, 0.2) is 0 Å². The zero-order chi connectivity index (χ0) is 18.8. The number of phenols is 1. The molecule has 0 fully saturated rings. The number of fused-ring (bicyclic) bond motifs is 1. The number of benzene rings is 2. The van der Waals surface area contributed by atoms with Gasteiger partial charge < -0.3 is 10.4 Å². The maximum atomic E-state index is 11.0. The Labute approximate surface area is 158 Å². The molecule has 1 unspecified atom stereocenters. The molecule has 0 amide bonds. The Bertz CT molecular complexity index is 1090. The second-order valence-electron chi connectivity index (χ2n) is 6.73. The predicted octanol–water partition coefficient (Wildman–Crippen LogP) is 5.15. The zero-order valence-electron chi connectivity index (χ0n) is 15.3. The lowest BCUT2D eigenvalue weighted by atomic mass is 9.99. The highest BCUT2D eigenvalue weighted by Gasteiger charge is 2.21. The van der Waals surface area contributed by atoms with Crippen LogP contribution in [0.1, 0.15) is 28.6 Å². The summed E-state index contributed by atoms with van der Waals surface area (Å²) in [6.07, 6.45) is 1.76. The Morgan fingerprint density at radius 1 is 0.926 bits per heavy atom. The summed E-state index contributed by atoms with van der Waals surface area (Å²) in [5.41, 5.74) is 5.21. The quantitative estimate of drug-likeness (QED) is 0.531. The van der Waals surface area contributed by atoms with E-state index in [1.807, 2.05) is 61.5 Å². The molecule has 4 heteroatoms. The molecule has 134 valence electrons. The van der Waals surface area contributed by atoms with Crippen LogP contribution in [-0.2, 0) is 0 Å². The van der Waals surface area contributed by atoms with E-state index in [2.05, 4.69) is 34.3 Å². The Hall–Kier alpha value is -3.40. The first kappa shape index (κ1) is 17.0. The standard InChI is InChI=1S/C23H21N3O/c1-15-6-5-7-18(14-15)26-22(20-8-3-4-13-24-20)19-12-11-17-10-9-16(2)25-21(17)23(19)27/h3-14,22,26-27H,1-2H3. The van der Waals surface area contributed by atoms with Crippen molar-refractivity contribution in [3.8, 4) is 5.75 Å². The maximum absolute atomic E-state index is 11.0. The topological polar surface area (TPSA) is 58.0 Å². The van der Waals surface area contributed by atoms with E-state index in [0.29, 0.717) is 5.52 Å². The summed E-state index contributed by atoms with van der Waals surface area (Å²) in [5, 5.41) is 15.4. The van der Waals surface area contributed by atoms with Crippen LogP contribution in [0.3, 0.4) is 0 Å². The monoisotopic (exact) mass is 355 g/mol. The van der Waals surface area contributed by atoms with E-state index in [4.69, 9.17) is 0 Å². The van der Waals surface area contributed by atoms with E-state index < -0.39 is 0 Å². The molecule has 27 heavy (non-hydrogen) atoms. The third-order valence-electron chi connectivity index (χ3n) is 4.63. The number of hydrogen-bond acceptors (Lipinski definition) is 4. The largest absolute Gasteiger partial charge is 0.505 e. The molecule has 0 saturated carbocycles. The minimum absolute atomic E-state index is 0.187. The van der Waals surface area contributed by atoms with Crippen molar-refractivity contribution in [2.45, 2.75) is 19.9 Å². The lowest BCUT2D eigenvalue weighted by molar-refractivity contribution is 0.471. The van der Waals surface area contributed by atoms with E-state index >= 15 is 0 Å². The molecule has 0 aliphatic heterocycles. The lowest BCUT2D eigenvalue weighted by Gasteiger charge is -2.22. The molecule has 2 heterocycles. The number of aryl methyl sites for hydroxylation is 2. The van der Waals surface area contributed by atoms with Crippen LogP contribution in [0.15, 0.2) is 72.9 Å². The van der Waals surface area contributed by atoms with Crippen LogP contribution >= 0.6 is 0 Å². The van der Waals surface area contributed by atoms with Crippen molar-refractivity contribution in [3.05, 3.63) is 95.4 Å². The third kappa shape index (κ3) is 3.47. The summed E-state index contributed by atoms with van der Waals surface area (Å²) in [7, 11) is 0.